The number of nitrogens with zero attached hydrogens (tertiary/aromatic N) is 3. The SMILES string of the molecule is Cn1cc(Oc2nc3ccccc3cc2C=O)cn1. The van der Waals surface area contributed by atoms with Crippen LogP contribution in [0, 0.1) is 0 Å². The zero-order valence-electron chi connectivity index (χ0n) is 10.3. The molecule has 3 rings (SSSR count). The summed E-state index contributed by atoms with van der Waals surface area (Å²) in [5.41, 5.74) is 1.20. The molecule has 0 spiro atoms. The Morgan fingerprint density at radius 3 is 2.89 bits per heavy atom. The summed E-state index contributed by atoms with van der Waals surface area (Å²) in [6, 6.07) is 9.34. The lowest BCUT2D eigenvalue weighted by Crippen LogP contribution is -1.94. The second-order valence-corrected chi connectivity index (χ2v) is 4.15. The Bertz CT molecular complexity index is 749. The van der Waals surface area contributed by atoms with E-state index in [0.717, 1.165) is 17.2 Å². The summed E-state index contributed by atoms with van der Waals surface area (Å²) in [6.45, 7) is 0. The summed E-state index contributed by atoms with van der Waals surface area (Å²) in [5, 5.41) is 4.91. The van der Waals surface area contributed by atoms with Gasteiger partial charge in [0.2, 0.25) is 5.88 Å². The summed E-state index contributed by atoms with van der Waals surface area (Å²) < 4.78 is 7.23. The van der Waals surface area contributed by atoms with Crippen molar-refractivity contribution in [3.05, 3.63) is 48.3 Å². The Morgan fingerprint density at radius 1 is 1.32 bits per heavy atom. The molecule has 5 nitrogen and oxygen atoms in total. The average Bonchev–Trinajstić information content (AvgIpc) is 2.83. The molecule has 0 aliphatic rings. The number of hydrogen-bond acceptors (Lipinski definition) is 4. The molecular formula is C14H11N3O2. The van der Waals surface area contributed by atoms with Crippen LogP contribution in [-0.2, 0) is 7.05 Å². The molecule has 0 atom stereocenters. The smallest absolute Gasteiger partial charge is 0.230 e. The molecule has 0 saturated carbocycles. The summed E-state index contributed by atoms with van der Waals surface area (Å²) in [6.07, 6.45) is 4.03. The summed E-state index contributed by atoms with van der Waals surface area (Å²) in [7, 11) is 1.79. The molecule has 3 aromatic rings. The topological polar surface area (TPSA) is 57.0 Å². The standard InChI is InChI=1S/C14H11N3O2/c1-17-8-12(7-15-17)19-14-11(9-18)6-10-4-2-3-5-13(10)16-14/h2-9H,1H3. The molecule has 0 fully saturated rings. The van der Waals surface area contributed by atoms with Crippen LogP contribution in [0.3, 0.4) is 0 Å². The molecule has 0 radical (unpaired) electrons. The molecule has 2 aromatic heterocycles. The first kappa shape index (κ1) is 11.4. The number of hydrogen-bond donors (Lipinski definition) is 0. The first-order valence-electron chi connectivity index (χ1n) is 5.78. The maximum absolute atomic E-state index is 11.1. The second kappa shape index (κ2) is 4.53. The van der Waals surface area contributed by atoms with Gasteiger partial charge in [0.05, 0.1) is 23.5 Å². The van der Waals surface area contributed by atoms with E-state index >= 15 is 0 Å². The summed E-state index contributed by atoms with van der Waals surface area (Å²) >= 11 is 0. The van der Waals surface area contributed by atoms with Crippen molar-refractivity contribution >= 4 is 17.2 Å². The predicted octanol–water partition coefficient (Wildman–Crippen LogP) is 2.57. The molecule has 0 bridgehead atoms. The van der Waals surface area contributed by atoms with Gasteiger partial charge in [-0.15, -0.1) is 0 Å². The van der Waals surface area contributed by atoms with Crippen molar-refractivity contribution in [1.29, 1.82) is 0 Å². The van der Waals surface area contributed by atoms with E-state index in [1.54, 1.807) is 30.2 Å². The van der Waals surface area contributed by atoms with Gasteiger partial charge < -0.3 is 4.74 Å². The van der Waals surface area contributed by atoms with E-state index in [0.29, 0.717) is 17.2 Å². The molecule has 0 unspecified atom stereocenters. The highest BCUT2D eigenvalue weighted by atomic mass is 16.5. The molecule has 94 valence electrons. The minimum absolute atomic E-state index is 0.293. The predicted molar refractivity (Wildman–Crippen MR) is 70.4 cm³/mol. The second-order valence-electron chi connectivity index (χ2n) is 4.15. The van der Waals surface area contributed by atoms with Crippen molar-refractivity contribution in [1.82, 2.24) is 14.8 Å². The van der Waals surface area contributed by atoms with Gasteiger partial charge in [0.25, 0.3) is 0 Å². The maximum Gasteiger partial charge on any atom is 0.230 e. The molecule has 0 N–H and O–H groups in total. The van der Waals surface area contributed by atoms with Gasteiger partial charge in [-0.3, -0.25) is 9.48 Å². The van der Waals surface area contributed by atoms with Crippen LogP contribution in [0.5, 0.6) is 11.6 Å². The van der Waals surface area contributed by atoms with Gasteiger partial charge in [-0.25, -0.2) is 4.98 Å². The van der Waals surface area contributed by atoms with E-state index in [4.69, 9.17) is 4.74 Å². The quantitative estimate of drug-likeness (QED) is 0.673. The summed E-state index contributed by atoms with van der Waals surface area (Å²) in [5.74, 6) is 0.843. The van der Waals surface area contributed by atoms with Crippen molar-refractivity contribution in [2.45, 2.75) is 0 Å². The molecule has 0 aliphatic carbocycles. The number of carbonyl (C=O) groups is 1. The third kappa shape index (κ3) is 2.18. The molecule has 19 heavy (non-hydrogen) atoms. The van der Waals surface area contributed by atoms with Crippen LogP contribution in [0.1, 0.15) is 10.4 Å². The minimum Gasteiger partial charge on any atom is -0.435 e. The summed E-state index contributed by atoms with van der Waals surface area (Å²) in [4.78, 5) is 15.5. The number of aldehydes is 1. The van der Waals surface area contributed by atoms with Gasteiger partial charge in [-0.05, 0) is 12.1 Å². The van der Waals surface area contributed by atoms with Gasteiger partial charge in [0.15, 0.2) is 12.0 Å². The lowest BCUT2D eigenvalue weighted by molar-refractivity contribution is 0.112. The Hall–Kier alpha value is -2.69. The third-order valence-electron chi connectivity index (χ3n) is 2.74. The van der Waals surface area contributed by atoms with E-state index in [1.807, 2.05) is 24.3 Å². The van der Waals surface area contributed by atoms with E-state index in [9.17, 15) is 4.79 Å². The van der Waals surface area contributed by atoms with Crippen molar-refractivity contribution in [2.24, 2.45) is 7.05 Å². The highest BCUT2D eigenvalue weighted by Gasteiger charge is 2.09. The number of fused-ring (bicyclic) bond motifs is 1. The number of carbonyl (C=O) groups excluding carboxylic acids is 1. The Balaban J connectivity index is 2.08. The van der Waals surface area contributed by atoms with Gasteiger partial charge >= 0.3 is 0 Å². The Kier molecular flexibility index (Phi) is 2.72. The monoisotopic (exact) mass is 253 g/mol. The van der Waals surface area contributed by atoms with Gasteiger partial charge in [0.1, 0.15) is 0 Å². The maximum atomic E-state index is 11.1. The number of pyridine rings is 1. The molecular weight excluding hydrogens is 242 g/mol. The highest BCUT2D eigenvalue weighted by molar-refractivity contribution is 5.88. The van der Waals surface area contributed by atoms with E-state index < -0.39 is 0 Å². The zero-order valence-corrected chi connectivity index (χ0v) is 10.3. The fourth-order valence-corrected chi connectivity index (χ4v) is 1.84. The minimum atomic E-state index is 0.293. The largest absolute Gasteiger partial charge is 0.435 e. The van der Waals surface area contributed by atoms with Crippen molar-refractivity contribution in [3.8, 4) is 11.6 Å². The Labute approximate surface area is 109 Å². The molecule has 0 aliphatic heterocycles. The number of benzene rings is 1. The van der Waals surface area contributed by atoms with Crippen LogP contribution in [0.25, 0.3) is 10.9 Å². The lowest BCUT2D eigenvalue weighted by atomic mass is 10.1. The number of aryl methyl sites for hydroxylation is 1. The molecule has 5 heteroatoms. The van der Waals surface area contributed by atoms with E-state index in [1.165, 1.54) is 0 Å². The third-order valence-corrected chi connectivity index (χ3v) is 2.74. The van der Waals surface area contributed by atoms with Crippen LogP contribution in [0.2, 0.25) is 0 Å². The van der Waals surface area contributed by atoms with Crippen molar-refractivity contribution in [3.63, 3.8) is 0 Å². The van der Waals surface area contributed by atoms with Crippen molar-refractivity contribution in [2.75, 3.05) is 0 Å². The fourth-order valence-electron chi connectivity index (χ4n) is 1.84. The van der Waals surface area contributed by atoms with E-state index in [2.05, 4.69) is 10.1 Å². The molecule has 0 amide bonds. The van der Waals surface area contributed by atoms with Gasteiger partial charge in [0, 0.05) is 12.4 Å². The molecule has 0 saturated heterocycles. The van der Waals surface area contributed by atoms with Crippen molar-refractivity contribution < 1.29 is 9.53 Å². The zero-order chi connectivity index (χ0) is 13.2. The van der Waals surface area contributed by atoms with Gasteiger partial charge in [-0.1, -0.05) is 18.2 Å². The first-order chi connectivity index (χ1) is 9.26. The fraction of sp³-hybridized carbons (Fsp3) is 0.0714. The number of para-hydroxylation sites is 1. The number of aromatic nitrogens is 3. The van der Waals surface area contributed by atoms with Crippen LogP contribution in [0.4, 0.5) is 0 Å². The lowest BCUT2D eigenvalue weighted by Gasteiger charge is -2.06. The van der Waals surface area contributed by atoms with Gasteiger partial charge in [-0.2, -0.15) is 5.10 Å². The molecule has 2 heterocycles. The van der Waals surface area contributed by atoms with Crippen LogP contribution >= 0.6 is 0 Å². The molecule has 1 aromatic carbocycles. The van der Waals surface area contributed by atoms with Crippen LogP contribution < -0.4 is 4.74 Å². The Morgan fingerprint density at radius 2 is 2.16 bits per heavy atom. The average molecular weight is 253 g/mol. The highest BCUT2D eigenvalue weighted by Crippen LogP contribution is 2.25. The number of rotatable bonds is 3. The van der Waals surface area contributed by atoms with E-state index in [-0.39, 0.29) is 0 Å². The van der Waals surface area contributed by atoms with Crippen LogP contribution in [-0.4, -0.2) is 21.1 Å². The normalized spacial score (nSPS) is 10.6. The van der Waals surface area contributed by atoms with Crippen LogP contribution in [0.15, 0.2) is 42.7 Å². The number of ether oxygens (including phenoxy) is 1. The first-order valence-corrected chi connectivity index (χ1v) is 5.78.